The zero-order valence-corrected chi connectivity index (χ0v) is 16.3. The molecule has 0 N–H and O–H groups in total. The zero-order chi connectivity index (χ0) is 19.0. The fourth-order valence-corrected chi connectivity index (χ4v) is 4.44. The molecule has 3 aromatic rings. The van der Waals surface area contributed by atoms with Gasteiger partial charge in [-0.3, -0.25) is 9.78 Å². The summed E-state index contributed by atoms with van der Waals surface area (Å²) < 4.78 is 2.36. The fraction of sp³-hybridized carbons (Fsp3) is 0.333. The van der Waals surface area contributed by atoms with Crippen LogP contribution in [0.4, 0.5) is 0 Å². The van der Waals surface area contributed by atoms with Crippen molar-refractivity contribution in [3.05, 3.63) is 77.2 Å². The second-order valence-corrected chi connectivity index (χ2v) is 8.23. The van der Waals surface area contributed by atoms with E-state index in [1.54, 1.807) is 0 Å². The molecule has 0 atom stereocenters. The molecule has 0 spiro atoms. The molecule has 0 fully saturated rings. The number of pyridine rings is 1. The van der Waals surface area contributed by atoms with Crippen LogP contribution in [-0.2, 0) is 19.4 Å². The molecule has 0 unspecified atom stereocenters. The lowest BCUT2D eigenvalue weighted by molar-refractivity contribution is 0.0909. The quantitative estimate of drug-likeness (QED) is 0.633. The van der Waals surface area contributed by atoms with Crippen molar-refractivity contribution >= 4 is 5.78 Å². The number of fused-ring (bicyclic) bond motifs is 1. The number of carbonyl (C=O) groups excluding carboxylic acids is 1. The van der Waals surface area contributed by atoms with Crippen LogP contribution < -0.4 is 0 Å². The first-order valence-electron chi connectivity index (χ1n) is 9.72. The lowest BCUT2D eigenvalue weighted by Crippen LogP contribution is -2.28. The number of benzene rings is 1. The fourth-order valence-electron chi connectivity index (χ4n) is 4.44. The van der Waals surface area contributed by atoms with Crippen molar-refractivity contribution in [1.82, 2.24) is 9.55 Å². The average Bonchev–Trinajstić information content (AvgIpc) is 2.95. The van der Waals surface area contributed by atoms with Gasteiger partial charge in [-0.2, -0.15) is 0 Å². The molecule has 0 amide bonds. The van der Waals surface area contributed by atoms with Gasteiger partial charge < -0.3 is 4.57 Å². The van der Waals surface area contributed by atoms with E-state index in [4.69, 9.17) is 0 Å². The topological polar surface area (TPSA) is 34.9 Å². The lowest BCUT2D eigenvalue weighted by Gasteiger charge is -2.30. The highest BCUT2D eigenvalue weighted by molar-refractivity contribution is 6.02. The summed E-state index contributed by atoms with van der Waals surface area (Å²) in [6, 6.07) is 14.6. The molecule has 2 heterocycles. The van der Waals surface area contributed by atoms with Gasteiger partial charge in [0.2, 0.25) is 0 Å². The molecule has 0 radical (unpaired) electrons. The van der Waals surface area contributed by atoms with E-state index in [-0.39, 0.29) is 11.2 Å². The number of carbonyl (C=O) groups is 1. The third kappa shape index (κ3) is 3.23. The van der Waals surface area contributed by atoms with Gasteiger partial charge in [-0.15, -0.1) is 0 Å². The molecule has 1 aromatic carbocycles. The second kappa shape index (κ2) is 6.80. The molecule has 3 heteroatoms. The van der Waals surface area contributed by atoms with Crippen molar-refractivity contribution in [3.63, 3.8) is 0 Å². The summed E-state index contributed by atoms with van der Waals surface area (Å²) in [5.74, 6) is 0.287. The number of rotatable bonds is 4. The van der Waals surface area contributed by atoms with E-state index in [2.05, 4.69) is 66.7 Å². The van der Waals surface area contributed by atoms with Gasteiger partial charge in [0.1, 0.15) is 0 Å². The van der Waals surface area contributed by atoms with Gasteiger partial charge in [0.15, 0.2) is 5.78 Å². The first-order chi connectivity index (χ1) is 13.0. The van der Waals surface area contributed by atoms with E-state index in [1.165, 1.54) is 22.5 Å². The Hall–Kier alpha value is -2.68. The van der Waals surface area contributed by atoms with Crippen molar-refractivity contribution < 1.29 is 4.79 Å². The summed E-state index contributed by atoms with van der Waals surface area (Å²) in [5, 5.41) is 0. The van der Waals surface area contributed by atoms with Crippen LogP contribution in [0.2, 0.25) is 0 Å². The summed E-state index contributed by atoms with van der Waals surface area (Å²) in [4.78, 5) is 17.4. The van der Waals surface area contributed by atoms with Gasteiger partial charge in [-0.25, -0.2) is 0 Å². The van der Waals surface area contributed by atoms with Crippen molar-refractivity contribution in [1.29, 1.82) is 0 Å². The number of Topliss-reactive ketones (excluding diaryl/α,β-unsaturated/α-hetero) is 1. The van der Waals surface area contributed by atoms with Crippen molar-refractivity contribution in [3.8, 4) is 11.3 Å². The summed E-state index contributed by atoms with van der Waals surface area (Å²) in [5.41, 5.74) is 6.90. The summed E-state index contributed by atoms with van der Waals surface area (Å²) in [6.07, 6.45) is 6.00. The van der Waals surface area contributed by atoms with Crippen LogP contribution in [0.3, 0.4) is 0 Å². The zero-order valence-electron chi connectivity index (χ0n) is 16.3. The monoisotopic (exact) mass is 358 g/mol. The number of hydrogen-bond donors (Lipinski definition) is 0. The van der Waals surface area contributed by atoms with Crippen LogP contribution >= 0.6 is 0 Å². The number of nitrogens with zero attached hydrogens (tertiary/aromatic N) is 2. The Morgan fingerprint density at radius 3 is 2.41 bits per heavy atom. The highest BCUT2D eigenvalue weighted by Crippen LogP contribution is 2.42. The maximum absolute atomic E-state index is 13.2. The lowest BCUT2D eigenvalue weighted by atomic mass is 9.75. The van der Waals surface area contributed by atoms with Crippen molar-refractivity contribution in [2.75, 3.05) is 0 Å². The third-order valence-corrected chi connectivity index (χ3v) is 5.53. The van der Waals surface area contributed by atoms with Crippen LogP contribution in [0.15, 0.2) is 54.9 Å². The summed E-state index contributed by atoms with van der Waals surface area (Å²) >= 11 is 0. The molecule has 138 valence electrons. The highest BCUT2D eigenvalue weighted by atomic mass is 16.1. The number of hydrogen-bond acceptors (Lipinski definition) is 2. The minimum atomic E-state index is 0.00882. The van der Waals surface area contributed by atoms with Gasteiger partial charge in [-0.1, -0.05) is 44.2 Å². The Bertz CT molecular complexity index is 969. The first-order valence-corrected chi connectivity index (χ1v) is 9.72. The molecule has 0 saturated carbocycles. The summed E-state index contributed by atoms with van der Waals surface area (Å²) in [6.45, 7) is 7.43. The van der Waals surface area contributed by atoms with Crippen LogP contribution in [0.25, 0.3) is 11.3 Å². The molecular formula is C24H26N2O. The Kier molecular flexibility index (Phi) is 4.47. The standard InChI is InChI=1S/C24H26N2O/c1-4-26-20-15-24(2,3)16-21(27)22(20)19(14-17-8-6-5-7-9-17)23(26)18-10-12-25-13-11-18/h5-13H,4,14-16H2,1-3H3. The van der Waals surface area contributed by atoms with E-state index in [1.807, 2.05) is 18.5 Å². The second-order valence-electron chi connectivity index (χ2n) is 8.23. The Labute approximate surface area is 161 Å². The van der Waals surface area contributed by atoms with Crippen LogP contribution in [-0.4, -0.2) is 15.3 Å². The largest absolute Gasteiger partial charge is 0.344 e. The number of aromatic nitrogens is 2. The van der Waals surface area contributed by atoms with E-state index in [9.17, 15) is 4.79 Å². The molecular weight excluding hydrogens is 332 g/mol. The molecule has 2 aromatic heterocycles. The van der Waals surface area contributed by atoms with E-state index in [0.29, 0.717) is 6.42 Å². The predicted molar refractivity (Wildman–Crippen MR) is 109 cm³/mol. The highest BCUT2D eigenvalue weighted by Gasteiger charge is 2.37. The van der Waals surface area contributed by atoms with Gasteiger partial charge in [0.05, 0.1) is 5.69 Å². The average molecular weight is 358 g/mol. The smallest absolute Gasteiger partial charge is 0.165 e. The third-order valence-electron chi connectivity index (χ3n) is 5.53. The van der Waals surface area contributed by atoms with Gasteiger partial charge in [0.25, 0.3) is 0 Å². The minimum absolute atomic E-state index is 0.00882. The molecule has 0 aliphatic heterocycles. The van der Waals surface area contributed by atoms with Crippen LogP contribution in [0.5, 0.6) is 0 Å². The molecule has 1 aliphatic rings. The SMILES string of the molecule is CCn1c2c(c(Cc3ccccc3)c1-c1ccncc1)C(=O)CC(C)(C)C2. The van der Waals surface area contributed by atoms with Gasteiger partial charge >= 0.3 is 0 Å². The molecule has 0 saturated heterocycles. The van der Waals surface area contributed by atoms with E-state index >= 15 is 0 Å². The Morgan fingerprint density at radius 1 is 1.04 bits per heavy atom. The molecule has 1 aliphatic carbocycles. The predicted octanol–water partition coefficient (Wildman–Crippen LogP) is 5.32. The minimum Gasteiger partial charge on any atom is -0.344 e. The van der Waals surface area contributed by atoms with Gasteiger partial charge in [-0.05, 0) is 42.0 Å². The normalized spacial score (nSPS) is 15.6. The Morgan fingerprint density at radius 2 is 1.74 bits per heavy atom. The van der Waals surface area contributed by atoms with Crippen LogP contribution in [0.1, 0.15) is 54.4 Å². The van der Waals surface area contributed by atoms with Crippen LogP contribution in [0, 0.1) is 5.41 Å². The van der Waals surface area contributed by atoms with Crippen molar-refractivity contribution in [2.45, 2.75) is 46.6 Å². The number of ketones is 1. The Balaban J connectivity index is 1.98. The molecule has 0 bridgehead atoms. The van der Waals surface area contributed by atoms with Gasteiger partial charge in [0, 0.05) is 48.6 Å². The first kappa shape index (κ1) is 17.7. The maximum Gasteiger partial charge on any atom is 0.165 e. The maximum atomic E-state index is 13.2. The molecule has 27 heavy (non-hydrogen) atoms. The van der Waals surface area contributed by atoms with E-state index < -0.39 is 0 Å². The molecule has 3 nitrogen and oxygen atoms in total. The van der Waals surface area contributed by atoms with E-state index in [0.717, 1.165) is 30.5 Å². The summed E-state index contributed by atoms with van der Waals surface area (Å²) in [7, 11) is 0. The van der Waals surface area contributed by atoms with Crippen molar-refractivity contribution in [2.24, 2.45) is 5.41 Å². The molecule has 4 rings (SSSR count).